The number of unbranched alkanes of at least 4 members (excludes halogenated alkanes) is 4. The molecule has 6 nitrogen and oxygen atoms in total. The molecule has 5 aliphatic rings. The lowest BCUT2D eigenvalue weighted by atomic mass is 9.05. The van der Waals surface area contributed by atoms with Gasteiger partial charge in [-0.1, -0.05) is 126 Å². The Labute approximate surface area is 491 Å². The highest BCUT2D eigenvalue weighted by molar-refractivity contribution is 7.25. The second-order valence-corrected chi connectivity index (χ2v) is 25.1. The van der Waals surface area contributed by atoms with Crippen molar-refractivity contribution < 1.29 is 27.9 Å². The first-order valence-electron chi connectivity index (χ1n) is 31.5. The van der Waals surface area contributed by atoms with Gasteiger partial charge in [0, 0.05) is 21.5 Å². The zero-order valence-corrected chi connectivity index (χ0v) is 49.2. The van der Waals surface area contributed by atoms with Crippen LogP contribution in [0.15, 0.2) is 158 Å². The molecule has 0 saturated carbocycles. The number of nitrogens with zero attached hydrogens (tertiary/aromatic N) is 2. The molecular formula is C76H68B2N2O4. The highest BCUT2D eigenvalue weighted by atomic mass is 16.5. The summed E-state index contributed by atoms with van der Waals surface area (Å²) in [5.74, 6) is 3.71. The van der Waals surface area contributed by atoms with E-state index in [1.807, 2.05) is 0 Å². The van der Waals surface area contributed by atoms with Crippen molar-refractivity contribution in [3.63, 3.8) is 0 Å². The Kier molecular flexibility index (Phi) is 11.0. The Balaban J connectivity index is 1.22. The van der Waals surface area contributed by atoms with Crippen LogP contribution in [0.25, 0.3) is 109 Å². The zero-order valence-electron chi connectivity index (χ0n) is 49.2. The van der Waals surface area contributed by atoms with Gasteiger partial charge in [-0.25, -0.2) is 0 Å². The van der Waals surface area contributed by atoms with Gasteiger partial charge in [-0.2, -0.15) is 0 Å². The van der Waals surface area contributed by atoms with Crippen LogP contribution in [0.2, 0.25) is 0 Å². The van der Waals surface area contributed by atoms with E-state index in [0.717, 1.165) is 95.9 Å². The molecule has 0 fully saturated rings. The SMILES string of the molecule is CCCCOc1ccc2c3c4c5c(ccc(OCCCC)c5cc13)-c1c3c5c(c6ccccc16)-c1ccc(OCCCC)c6cc7c(OCCCC)ccc8c7c(c16)[B-]5([n+]1ccc(C)cc1)c1c(c-2c2ccccc2c1-8)[B-]34[n+]1ccc(C)cc1. The summed E-state index contributed by atoms with van der Waals surface area (Å²) < 4.78 is 33.8. The molecule has 12 aromatic rings. The smallest absolute Gasteiger partial charge is 0.356 e. The quantitative estimate of drug-likeness (QED) is 0.0488. The van der Waals surface area contributed by atoms with Gasteiger partial charge in [0.15, 0.2) is 0 Å². The molecule has 5 aliphatic heterocycles. The van der Waals surface area contributed by atoms with Gasteiger partial charge in [0.25, 0.3) is 0 Å². The van der Waals surface area contributed by atoms with E-state index in [-0.39, 0.29) is 0 Å². The molecule has 0 spiro atoms. The molecule has 412 valence electrons. The normalized spacial score (nSPS) is 16.6. The van der Waals surface area contributed by atoms with Crippen molar-refractivity contribution >= 4 is 110 Å². The Bertz CT molecular complexity index is 4320. The van der Waals surface area contributed by atoms with Crippen LogP contribution in [-0.2, 0) is 0 Å². The molecular weight excluding hydrogens is 1030 g/mol. The number of fused-ring (bicyclic) bond motifs is 10. The van der Waals surface area contributed by atoms with E-state index in [9.17, 15) is 0 Å². The molecule has 0 radical (unpaired) electrons. The average Bonchev–Trinajstić information content (AvgIpc) is 0.618. The van der Waals surface area contributed by atoms with Crippen LogP contribution in [0.5, 0.6) is 23.0 Å². The minimum absolute atomic E-state index is 0.644. The van der Waals surface area contributed by atoms with Crippen LogP contribution in [0.4, 0.5) is 0 Å². The van der Waals surface area contributed by atoms with Gasteiger partial charge in [-0.05, 0) is 199 Å². The minimum atomic E-state index is -2.19. The van der Waals surface area contributed by atoms with Crippen molar-refractivity contribution in [2.45, 2.75) is 92.9 Å². The van der Waals surface area contributed by atoms with E-state index >= 15 is 0 Å². The molecule has 10 aromatic carbocycles. The largest absolute Gasteiger partial charge is 0.493 e. The standard InChI is InChI=1S/C76H68B2N2O4/c1-7-11-39-81-59-27-23-51-63-47-19-15-16-20-48(47)65-53-25-29-61(83-41-13-9-3)57-44-58-62(84-42-14-10-4)30-26-54-66-50-22-18-17-21-49(50)64-52-24-28-60(82-40-12-8-2)56-43-55(59)67(51)71(68(52)56)77(79-35-31-45(5)32-36-79)73(63)75(65)78(76(66)74(64)77,72(69(53)57)70(54)58)80-37-33-46(6)34-38-80/h15-38,43-44H,7-14,39-42H2,1-6H3. The van der Waals surface area contributed by atoms with Crippen LogP contribution in [0.1, 0.15) is 90.2 Å². The third kappa shape index (κ3) is 6.18. The van der Waals surface area contributed by atoms with Crippen molar-refractivity contribution in [1.82, 2.24) is 0 Å². The Hall–Kier alpha value is -8.61. The van der Waals surface area contributed by atoms with Crippen LogP contribution in [0, 0.1) is 13.8 Å². The number of hydrogen-bond donors (Lipinski definition) is 0. The maximum absolute atomic E-state index is 7.10. The molecule has 2 aromatic heterocycles. The number of hydrogen-bond acceptors (Lipinski definition) is 4. The summed E-state index contributed by atoms with van der Waals surface area (Å²) in [6.45, 7) is 16.0. The molecule has 0 aliphatic carbocycles. The van der Waals surface area contributed by atoms with Crippen molar-refractivity contribution in [3.05, 3.63) is 169 Å². The first-order chi connectivity index (χ1) is 41.4. The Morgan fingerprint density at radius 2 is 0.571 bits per heavy atom. The summed E-state index contributed by atoms with van der Waals surface area (Å²) in [6, 6.07) is 52.3. The van der Waals surface area contributed by atoms with Gasteiger partial charge in [0.05, 0.1) is 26.4 Å². The summed E-state index contributed by atoms with van der Waals surface area (Å²) in [5.41, 5.74) is 21.2. The monoisotopic (exact) mass is 1090 g/mol. The predicted octanol–water partition coefficient (Wildman–Crippen LogP) is 13.8. The van der Waals surface area contributed by atoms with Gasteiger partial charge < -0.3 is 27.9 Å². The van der Waals surface area contributed by atoms with Gasteiger partial charge in [0.1, 0.15) is 47.8 Å². The predicted molar refractivity (Wildman–Crippen MR) is 351 cm³/mol. The molecule has 8 heteroatoms. The summed E-state index contributed by atoms with van der Waals surface area (Å²) in [4.78, 5) is 0. The van der Waals surface area contributed by atoms with E-state index in [2.05, 4.69) is 209 Å². The fourth-order valence-corrected chi connectivity index (χ4v) is 17.3. The highest BCUT2D eigenvalue weighted by Gasteiger charge is 2.65. The van der Waals surface area contributed by atoms with Gasteiger partial charge in [0.2, 0.25) is 0 Å². The summed E-state index contributed by atoms with van der Waals surface area (Å²) >= 11 is 0. The summed E-state index contributed by atoms with van der Waals surface area (Å²) in [6.07, 6.45) is 13.5. The van der Waals surface area contributed by atoms with Crippen molar-refractivity contribution in [1.29, 1.82) is 0 Å². The second-order valence-electron chi connectivity index (χ2n) is 25.1. The molecule has 0 amide bonds. The number of aromatic nitrogens is 2. The molecule has 0 bridgehead atoms. The maximum Gasteiger partial charge on any atom is 0.356 e. The molecule has 0 atom stereocenters. The van der Waals surface area contributed by atoms with Gasteiger partial charge in [-0.15, -0.1) is 32.8 Å². The number of benzene rings is 10. The van der Waals surface area contributed by atoms with Gasteiger partial charge in [-0.3, -0.25) is 0 Å². The average molecular weight is 1100 g/mol. The van der Waals surface area contributed by atoms with Crippen molar-refractivity contribution in [3.8, 4) is 67.5 Å². The van der Waals surface area contributed by atoms with E-state index < -0.39 is 12.6 Å². The topological polar surface area (TPSA) is 44.7 Å². The number of ether oxygens (including phenoxy) is 4. The number of pyridine rings is 2. The van der Waals surface area contributed by atoms with E-state index in [0.29, 0.717) is 26.4 Å². The lowest BCUT2D eigenvalue weighted by Crippen LogP contribution is -3.02. The highest BCUT2D eigenvalue weighted by Crippen LogP contribution is 2.55. The zero-order chi connectivity index (χ0) is 56.3. The van der Waals surface area contributed by atoms with Crippen LogP contribution in [0.3, 0.4) is 0 Å². The van der Waals surface area contributed by atoms with Crippen molar-refractivity contribution in [2.75, 3.05) is 26.4 Å². The second kappa shape index (κ2) is 18.4. The molecule has 0 unspecified atom stereocenters. The van der Waals surface area contributed by atoms with E-state index in [1.54, 1.807) is 0 Å². The summed E-state index contributed by atoms with van der Waals surface area (Å²) in [5, 5.41) is 14.8. The molecule has 17 rings (SSSR count). The van der Waals surface area contributed by atoms with Crippen LogP contribution in [-0.4, -0.2) is 39.0 Å². The third-order valence-corrected chi connectivity index (χ3v) is 20.6. The van der Waals surface area contributed by atoms with E-state index in [4.69, 9.17) is 18.9 Å². The Morgan fingerprint density at radius 1 is 0.310 bits per heavy atom. The number of rotatable bonds is 18. The Morgan fingerprint density at radius 3 is 0.821 bits per heavy atom. The summed E-state index contributed by atoms with van der Waals surface area (Å²) in [7, 11) is 0. The molecule has 0 saturated heterocycles. The molecule has 0 N–H and O–H groups in total. The molecule has 84 heavy (non-hydrogen) atoms. The third-order valence-electron chi connectivity index (χ3n) is 20.6. The lowest BCUT2D eigenvalue weighted by molar-refractivity contribution is -0.542. The fourth-order valence-electron chi connectivity index (χ4n) is 17.3. The molecule has 7 heterocycles. The number of aryl methyl sites for hydroxylation is 2. The van der Waals surface area contributed by atoms with Crippen LogP contribution >= 0.6 is 0 Å². The first-order valence-corrected chi connectivity index (χ1v) is 31.5. The van der Waals surface area contributed by atoms with Crippen LogP contribution < -0.4 is 60.7 Å². The first kappa shape index (κ1) is 50.0. The van der Waals surface area contributed by atoms with E-state index in [1.165, 1.54) is 132 Å². The lowest BCUT2D eigenvalue weighted by Gasteiger charge is -2.61. The maximum atomic E-state index is 7.10. The van der Waals surface area contributed by atoms with Crippen molar-refractivity contribution in [2.24, 2.45) is 0 Å². The fraction of sp³-hybridized carbons (Fsp3) is 0.237. The van der Waals surface area contributed by atoms with Gasteiger partial charge >= 0.3 is 12.6 Å². The minimum Gasteiger partial charge on any atom is -0.493 e.